The molecule has 0 rings (SSSR count). The number of hydrogen-bond acceptors (Lipinski definition) is 5. The number of esters is 1. The number of aliphatic hydroxyl groups excluding tert-OH is 2. The molecule has 6 heteroatoms. The zero-order valence-electron chi connectivity index (χ0n) is 58.4. The molecule has 3 N–H and O–H groups in total. The first-order valence-corrected chi connectivity index (χ1v) is 39.8. The van der Waals surface area contributed by atoms with Crippen molar-refractivity contribution in [2.24, 2.45) is 0 Å². The Hall–Kier alpha value is -1.14. The van der Waals surface area contributed by atoms with Crippen molar-refractivity contribution in [3.05, 3.63) is 0 Å². The molecule has 0 aliphatic heterocycles. The van der Waals surface area contributed by atoms with Gasteiger partial charge in [0.15, 0.2) is 0 Å². The molecule has 2 atom stereocenters. The summed E-state index contributed by atoms with van der Waals surface area (Å²) in [5, 5.41) is 23.5. The lowest BCUT2D eigenvalue weighted by Crippen LogP contribution is -2.45. The van der Waals surface area contributed by atoms with E-state index in [1.54, 1.807) is 0 Å². The van der Waals surface area contributed by atoms with Gasteiger partial charge in [0.05, 0.1) is 25.4 Å². The third-order valence-corrected chi connectivity index (χ3v) is 19.2. The number of amides is 1. The van der Waals surface area contributed by atoms with Gasteiger partial charge < -0.3 is 20.3 Å². The second-order valence-corrected chi connectivity index (χ2v) is 27.8. The third kappa shape index (κ3) is 71.8. The number of carbonyl (C=O) groups is 2. The van der Waals surface area contributed by atoms with Crippen molar-refractivity contribution in [1.29, 1.82) is 0 Å². The Morgan fingerprint density at radius 1 is 0.282 bits per heavy atom. The van der Waals surface area contributed by atoms with Crippen molar-refractivity contribution >= 4 is 11.9 Å². The Bertz CT molecular complexity index is 1240. The van der Waals surface area contributed by atoms with Crippen LogP contribution in [0.1, 0.15) is 470 Å². The Balaban J connectivity index is 3.32. The highest BCUT2D eigenvalue weighted by Gasteiger charge is 2.20. The molecule has 0 saturated heterocycles. The van der Waals surface area contributed by atoms with Crippen LogP contribution in [-0.4, -0.2) is 47.4 Å². The van der Waals surface area contributed by atoms with E-state index >= 15 is 0 Å². The van der Waals surface area contributed by atoms with Gasteiger partial charge in [-0.15, -0.1) is 0 Å². The first kappa shape index (κ1) is 83.9. The van der Waals surface area contributed by atoms with Crippen molar-refractivity contribution in [3.63, 3.8) is 0 Å². The molecule has 0 aromatic heterocycles. The predicted octanol–water partition coefficient (Wildman–Crippen LogP) is 26.1. The van der Waals surface area contributed by atoms with E-state index in [1.165, 1.54) is 398 Å². The minimum atomic E-state index is -0.661. The number of hydrogen-bond donors (Lipinski definition) is 3. The fraction of sp³-hybridized carbons (Fsp3) is 0.975. The summed E-state index contributed by atoms with van der Waals surface area (Å²) < 4.78 is 5.49. The molecular weight excluding hydrogens is 1040 g/mol. The number of nitrogens with one attached hydrogen (secondary N) is 1. The van der Waals surface area contributed by atoms with Crippen LogP contribution < -0.4 is 5.32 Å². The van der Waals surface area contributed by atoms with Crippen LogP contribution in [0.3, 0.4) is 0 Å². The van der Waals surface area contributed by atoms with Crippen molar-refractivity contribution < 1.29 is 24.5 Å². The van der Waals surface area contributed by atoms with Crippen molar-refractivity contribution in [3.8, 4) is 0 Å². The fourth-order valence-electron chi connectivity index (χ4n) is 13.1. The second kappa shape index (κ2) is 75.3. The minimum Gasteiger partial charge on any atom is -0.466 e. The van der Waals surface area contributed by atoms with Crippen LogP contribution in [0, 0.1) is 0 Å². The van der Waals surface area contributed by atoms with E-state index < -0.39 is 12.1 Å². The van der Waals surface area contributed by atoms with E-state index in [0.29, 0.717) is 25.9 Å². The van der Waals surface area contributed by atoms with Gasteiger partial charge in [0, 0.05) is 12.8 Å². The van der Waals surface area contributed by atoms with E-state index in [1.807, 2.05) is 0 Å². The second-order valence-electron chi connectivity index (χ2n) is 27.8. The van der Waals surface area contributed by atoms with Gasteiger partial charge in [-0.2, -0.15) is 0 Å². The number of unbranched alkanes of at least 4 members (excludes halogenated alkanes) is 65. The van der Waals surface area contributed by atoms with Crippen LogP contribution in [0.2, 0.25) is 0 Å². The van der Waals surface area contributed by atoms with Gasteiger partial charge in [0.1, 0.15) is 0 Å². The molecule has 2 unspecified atom stereocenters. The highest BCUT2D eigenvalue weighted by atomic mass is 16.5. The maximum atomic E-state index is 12.6. The normalized spacial score (nSPS) is 12.4. The number of ether oxygens (including phenoxy) is 1. The van der Waals surface area contributed by atoms with Gasteiger partial charge in [0.2, 0.25) is 5.91 Å². The molecule has 0 aliphatic carbocycles. The molecule has 508 valence electrons. The smallest absolute Gasteiger partial charge is 0.305 e. The van der Waals surface area contributed by atoms with Crippen LogP contribution in [0.4, 0.5) is 0 Å². The monoisotopic (exact) mass is 1200 g/mol. The predicted molar refractivity (Wildman–Crippen MR) is 375 cm³/mol. The van der Waals surface area contributed by atoms with Gasteiger partial charge in [-0.1, -0.05) is 431 Å². The summed E-state index contributed by atoms with van der Waals surface area (Å²) in [5.41, 5.74) is 0. The van der Waals surface area contributed by atoms with E-state index in [2.05, 4.69) is 19.2 Å². The minimum absolute atomic E-state index is 0.0237. The molecule has 0 spiro atoms. The van der Waals surface area contributed by atoms with E-state index in [0.717, 1.165) is 38.5 Å². The number of carbonyl (C=O) groups excluding carboxylic acids is 2. The van der Waals surface area contributed by atoms with E-state index in [9.17, 15) is 19.8 Å². The highest BCUT2D eigenvalue weighted by molar-refractivity contribution is 5.76. The first-order valence-electron chi connectivity index (χ1n) is 39.8. The maximum Gasteiger partial charge on any atom is 0.305 e. The largest absolute Gasteiger partial charge is 0.466 e. The van der Waals surface area contributed by atoms with Gasteiger partial charge >= 0.3 is 5.97 Å². The van der Waals surface area contributed by atoms with Gasteiger partial charge in [-0.05, 0) is 25.7 Å². The molecule has 0 fully saturated rings. The molecular formula is C79H157NO5. The zero-order chi connectivity index (χ0) is 61.3. The van der Waals surface area contributed by atoms with Crippen LogP contribution in [-0.2, 0) is 14.3 Å². The summed E-state index contributed by atoms with van der Waals surface area (Å²) in [6.45, 7) is 5.01. The lowest BCUT2D eigenvalue weighted by atomic mass is 10.0. The standard InChI is InChI=1S/C79H157NO5/c1-3-5-7-9-11-13-15-17-18-19-20-21-33-36-39-42-45-48-51-55-59-63-67-71-77(82)76(75-81)80-78(83)72-68-64-60-56-52-49-46-43-40-37-34-31-29-27-25-23-22-24-26-28-30-32-35-38-41-44-47-50-54-58-62-66-70-74-85-79(84)73-69-65-61-57-53-16-14-12-10-8-6-4-2/h76-77,81-82H,3-75H2,1-2H3,(H,80,83). The molecule has 1 amide bonds. The molecule has 0 aromatic rings. The Morgan fingerprint density at radius 3 is 0.718 bits per heavy atom. The summed E-state index contributed by atoms with van der Waals surface area (Å²) in [7, 11) is 0. The Kier molecular flexibility index (Phi) is 74.3. The van der Waals surface area contributed by atoms with Crippen LogP contribution >= 0.6 is 0 Å². The van der Waals surface area contributed by atoms with Crippen LogP contribution in [0.15, 0.2) is 0 Å². The van der Waals surface area contributed by atoms with E-state index in [-0.39, 0.29) is 18.5 Å². The van der Waals surface area contributed by atoms with Crippen molar-refractivity contribution in [2.75, 3.05) is 13.2 Å². The lowest BCUT2D eigenvalue weighted by Gasteiger charge is -2.22. The fourth-order valence-corrected chi connectivity index (χ4v) is 13.1. The Labute approximate surface area is 534 Å². The highest BCUT2D eigenvalue weighted by Crippen LogP contribution is 2.21. The SMILES string of the molecule is CCCCCCCCCCCCCCCCCCCCCCCCCC(O)C(CO)NC(=O)CCCCCCCCCCCCCCCCCCCCCCCCCCCCCCCCCCCOC(=O)CCCCCCCCCCCCCC. The van der Waals surface area contributed by atoms with Crippen molar-refractivity contribution in [1.82, 2.24) is 5.32 Å². The molecule has 85 heavy (non-hydrogen) atoms. The summed E-state index contributed by atoms with van der Waals surface area (Å²) in [6.07, 6.45) is 93.4. The molecule has 0 heterocycles. The molecule has 6 nitrogen and oxygen atoms in total. The molecule has 0 radical (unpaired) electrons. The summed E-state index contributed by atoms with van der Waals surface area (Å²) in [5.74, 6) is 0.000140. The Morgan fingerprint density at radius 2 is 0.482 bits per heavy atom. The van der Waals surface area contributed by atoms with Gasteiger partial charge in [-0.25, -0.2) is 0 Å². The topological polar surface area (TPSA) is 95.9 Å². The lowest BCUT2D eigenvalue weighted by molar-refractivity contribution is -0.143. The molecule has 0 saturated carbocycles. The average molecular weight is 1200 g/mol. The maximum absolute atomic E-state index is 12.6. The van der Waals surface area contributed by atoms with E-state index in [4.69, 9.17) is 4.74 Å². The molecule has 0 bridgehead atoms. The molecule has 0 aliphatic rings. The number of rotatable bonds is 76. The first-order chi connectivity index (χ1) is 42.0. The zero-order valence-corrected chi connectivity index (χ0v) is 58.4. The number of aliphatic hydroxyl groups is 2. The van der Waals surface area contributed by atoms with Crippen LogP contribution in [0.25, 0.3) is 0 Å². The van der Waals surface area contributed by atoms with Crippen molar-refractivity contribution in [2.45, 2.75) is 482 Å². The summed E-state index contributed by atoms with van der Waals surface area (Å²) in [4.78, 5) is 24.6. The van der Waals surface area contributed by atoms with Gasteiger partial charge in [-0.3, -0.25) is 9.59 Å². The summed E-state index contributed by atoms with van der Waals surface area (Å²) >= 11 is 0. The average Bonchev–Trinajstić information content (AvgIpc) is 3.53. The summed E-state index contributed by atoms with van der Waals surface area (Å²) in [6, 6.07) is -0.538. The third-order valence-electron chi connectivity index (χ3n) is 19.2. The van der Waals surface area contributed by atoms with Crippen LogP contribution in [0.5, 0.6) is 0 Å². The molecule has 0 aromatic carbocycles. The van der Waals surface area contributed by atoms with Gasteiger partial charge in [0.25, 0.3) is 0 Å². The quantitative estimate of drug-likeness (QED) is 0.0417.